The number of hydrogen-bond acceptors (Lipinski definition) is 5. The number of carboxylic acids is 1. The first kappa shape index (κ1) is 19.1. The zero-order valence-electron chi connectivity index (χ0n) is 14.6. The van der Waals surface area contributed by atoms with Crippen molar-refractivity contribution in [3.05, 3.63) is 53.5 Å². The first-order valence-corrected chi connectivity index (χ1v) is 10.0. The molecule has 1 fully saturated rings. The first-order valence-electron chi connectivity index (χ1n) is 8.58. The molecule has 144 valence electrons. The van der Waals surface area contributed by atoms with Crippen LogP contribution in [0.25, 0.3) is 0 Å². The molecule has 8 nitrogen and oxygen atoms in total. The molecular formula is C18H20N2O6S. The molecule has 1 saturated heterocycles. The summed E-state index contributed by atoms with van der Waals surface area (Å²) in [7, 11) is -3.54. The van der Waals surface area contributed by atoms with Gasteiger partial charge in [0, 0.05) is 19.6 Å². The van der Waals surface area contributed by atoms with E-state index in [0.29, 0.717) is 18.7 Å². The Kier molecular flexibility index (Phi) is 5.62. The standard InChI is InChI=1S/C18H20N2O6S/c21-17(15-7-8-16(26-15)18(22)23)19-12-13-5-4-6-14(11-13)27(24,25)20-9-2-1-3-10-20/h4-8,11H,1-3,9-10,12H2,(H,19,21)(H,22,23). The average molecular weight is 392 g/mol. The number of aromatic carboxylic acids is 1. The van der Waals surface area contributed by atoms with Gasteiger partial charge in [0.2, 0.25) is 15.8 Å². The van der Waals surface area contributed by atoms with E-state index in [1.165, 1.54) is 22.5 Å². The molecule has 1 aliphatic rings. The van der Waals surface area contributed by atoms with Gasteiger partial charge in [-0.05, 0) is 42.7 Å². The minimum atomic E-state index is -3.54. The van der Waals surface area contributed by atoms with E-state index < -0.39 is 21.9 Å². The predicted molar refractivity (Wildman–Crippen MR) is 95.9 cm³/mol. The molecule has 1 aromatic carbocycles. The highest BCUT2D eigenvalue weighted by Gasteiger charge is 2.26. The Morgan fingerprint density at radius 3 is 2.44 bits per heavy atom. The number of sulfonamides is 1. The van der Waals surface area contributed by atoms with Gasteiger partial charge in [-0.1, -0.05) is 18.6 Å². The Bertz CT molecular complexity index is 944. The van der Waals surface area contributed by atoms with E-state index >= 15 is 0 Å². The minimum Gasteiger partial charge on any atom is -0.475 e. The molecule has 1 aliphatic heterocycles. The second kappa shape index (κ2) is 7.93. The van der Waals surface area contributed by atoms with E-state index in [1.54, 1.807) is 18.2 Å². The Morgan fingerprint density at radius 1 is 1.07 bits per heavy atom. The summed E-state index contributed by atoms with van der Waals surface area (Å²) in [6.07, 6.45) is 2.75. The van der Waals surface area contributed by atoms with Gasteiger partial charge in [0.05, 0.1) is 4.90 Å². The normalized spacial score (nSPS) is 15.4. The van der Waals surface area contributed by atoms with Crippen LogP contribution in [-0.2, 0) is 16.6 Å². The maximum absolute atomic E-state index is 12.7. The Balaban J connectivity index is 1.68. The van der Waals surface area contributed by atoms with Crippen LogP contribution in [0, 0.1) is 0 Å². The molecule has 0 unspecified atom stereocenters. The second-order valence-electron chi connectivity index (χ2n) is 6.26. The van der Waals surface area contributed by atoms with Crippen LogP contribution in [0.2, 0.25) is 0 Å². The minimum absolute atomic E-state index is 0.0886. The van der Waals surface area contributed by atoms with Crippen LogP contribution in [0.1, 0.15) is 45.9 Å². The summed E-state index contributed by atoms with van der Waals surface area (Å²) >= 11 is 0. The zero-order valence-corrected chi connectivity index (χ0v) is 15.4. The van der Waals surface area contributed by atoms with Crippen molar-refractivity contribution in [1.29, 1.82) is 0 Å². The van der Waals surface area contributed by atoms with Crippen LogP contribution >= 0.6 is 0 Å². The third kappa shape index (κ3) is 4.37. The molecule has 0 radical (unpaired) electrons. The van der Waals surface area contributed by atoms with E-state index in [9.17, 15) is 18.0 Å². The number of carbonyl (C=O) groups excluding carboxylic acids is 1. The van der Waals surface area contributed by atoms with Crippen LogP contribution in [0.4, 0.5) is 0 Å². The molecule has 2 aromatic rings. The van der Waals surface area contributed by atoms with Gasteiger partial charge in [0.25, 0.3) is 5.91 Å². The van der Waals surface area contributed by atoms with Crippen LogP contribution in [0.3, 0.4) is 0 Å². The van der Waals surface area contributed by atoms with Crippen LogP contribution in [-0.4, -0.2) is 42.8 Å². The van der Waals surface area contributed by atoms with Gasteiger partial charge < -0.3 is 14.8 Å². The molecule has 27 heavy (non-hydrogen) atoms. The SMILES string of the molecule is O=C(O)c1ccc(C(=O)NCc2cccc(S(=O)(=O)N3CCCCC3)c2)o1. The van der Waals surface area contributed by atoms with Gasteiger partial charge in [-0.2, -0.15) is 4.31 Å². The fourth-order valence-corrected chi connectivity index (χ4v) is 4.50. The van der Waals surface area contributed by atoms with Crippen LogP contribution < -0.4 is 5.32 Å². The van der Waals surface area contributed by atoms with Crippen LogP contribution in [0.15, 0.2) is 45.7 Å². The highest BCUT2D eigenvalue weighted by Crippen LogP contribution is 2.21. The number of furan rings is 1. The summed E-state index contributed by atoms with van der Waals surface area (Å²) < 4.78 is 31.9. The topological polar surface area (TPSA) is 117 Å². The lowest BCUT2D eigenvalue weighted by Gasteiger charge is -2.26. The molecular weight excluding hydrogens is 372 g/mol. The van der Waals surface area contributed by atoms with E-state index in [1.807, 2.05) is 0 Å². The first-order chi connectivity index (χ1) is 12.9. The predicted octanol–water partition coefficient (Wildman–Crippen LogP) is 2.08. The Morgan fingerprint density at radius 2 is 1.78 bits per heavy atom. The summed E-state index contributed by atoms with van der Waals surface area (Å²) in [5, 5.41) is 11.4. The number of hydrogen-bond donors (Lipinski definition) is 2. The monoisotopic (exact) mass is 392 g/mol. The lowest BCUT2D eigenvalue weighted by atomic mass is 10.2. The third-order valence-corrected chi connectivity index (χ3v) is 6.24. The van der Waals surface area contributed by atoms with Crippen molar-refractivity contribution < 1.29 is 27.5 Å². The van der Waals surface area contributed by atoms with Crippen molar-refractivity contribution in [2.45, 2.75) is 30.7 Å². The van der Waals surface area contributed by atoms with Gasteiger partial charge in [0.1, 0.15) is 0 Å². The Hall–Kier alpha value is -2.65. The van der Waals surface area contributed by atoms with Crippen molar-refractivity contribution in [2.75, 3.05) is 13.1 Å². The fourth-order valence-electron chi connectivity index (χ4n) is 2.91. The van der Waals surface area contributed by atoms with Crippen molar-refractivity contribution in [2.24, 2.45) is 0 Å². The summed E-state index contributed by atoms with van der Waals surface area (Å²) in [5.41, 5.74) is 0.617. The molecule has 0 bridgehead atoms. The molecule has 9 heteroatoms. The molecule has 2 heterocycles. The molecule has 0 aliphatic carbocycles. The van der Waals surface area contributed by atoms with Gasteiger partial charge in [-0.25, -0.2) is 13.2 Å². The van der Waals surface area contributed by atoms with Gasteiger partial charge in [-0.3, -0.25) is 4.79 Å². The number of piperidine rings is 1. The number of amides is 1. The van der Waals surface area contributed by atoms with Gasteiger partial charge in [0.15, 0.2) is 5.76 Å². The number of benzene rings is 1. The highest BCUT2D eigenvalue weighted by molar-refractivity contribution is 7.89. The van der Waals surface area contributed by atoms with Gasteiger partial charge in [-0.15, -0.1) is 0 Å². The summed E-state index contributed by atoms with van der Waals surface area (Å²) in [4.78, 5) is 23.0. The molecule has 0 saturated carbocycles. The Labute approximate surface area is 156 Å². The zero-order chi connectivity index (χ0) is 19.4. The second-order valence-corrected chi connectivity index (χ2v) is 8.20. The van der Waals surface area contributed by atoms with Crippen LogP contribution in [0.5, 0.6) is 0 Å². The molecule has 3 rings (SSSR count). The summed E-state index contributed by atoms with van der Waals surface area (Å²) in [6, 6.07) is 8.89. The van der Waals surface area contributed by atoms with E-state index in [-0.39, 0.29) is 23.0 Å². The van der Waals surface area contributed by atoms with Crippen molar-refractivity contribution >= 4 is 21.9 Å². The lowest BCUT2D eigenvalue weighted by Crippen LogP contribution is -2.35. The maximum atomic E-state index is 12.7. The molecule has 2 N–H and O–H groups in total. The van der Waals surface area contributed by atoms with Crippen molar-refractivity contribution in [3.8, 4) is 0 Å². The molecule has 0 spiro atoms. The maximum Gasteiger partial charge on any atom is 0.371 e. The number of rotatable bonds is 6. The van der Waals surface area contributed by atoms with E-state index in [0.717, 1.165) is 19.3 Å². The molecule has 1 amide bonds. The summed E-state index contributed by atoms with van der Waals surface area (Å²) in [5.74, 6) is -2.28. The number of carbonyl (C=O) groups is 2. The van der Waals surface area contributed by atoms with Gasteiger partial charge >= 0.3 is 5.97 Å². The van der Waals surface area contributed by atoms with E-state index in [4.69, 9.17) is 9.52 Å². The lowest BCUT2D eigenvalue weighted by molar-refractivity contribution is 0.0659. The highest BCUT2D eigenvalue weighted by atomic mass is 32.2. The van der Waals surface area contributed by atoms with Crippen molar-refractivity contribution in [1.82, 2.24) is 9.62 Å². The average Bonchev–Trinajstić information content (AvgIpc) is 3.18. The molecule has 1 aromatic heterocycles. The summed E-state index contributed by atoms with van der Waals surface area (Å²) in [6.45, 7) is 1.13. The quantitative estimate of drug-likeness (QED) is 0.777. The molecule has 0 atom stereocenters. The largest absolute Gasteiger partial charge is 0.475 e. The number of carboxylic acid groups (broad SMARTS) is 1. The third-order valence-electron chi connectivity index (χ3n) is 4.34. The number of nitrogens with one attached hydrogen (secondary N) is 1. The fraction of sp³-hybridized carbons (Fsp3) is 0.333. The van der Waals surface area contributed by atoms with Crippen molar-refractivity contribution in [3.63, 3.8) is 0 Å². The smallest absolute Gasteiger partial charge is 0.371 e. The number of nitrogens with zero attached hydrogens (tertiary/aromatic N) is 1. The van der Waals surface area contributed by atoms with E-state index in [2.05, 4.69) is 5.32 Å².